The van der Waals surface area contributed by atoms with E-state index < -0.39 is 23.6 Å². The number of fused-ring (bicyclic) bond motifs is 1. The van der Waals surface area contributed by atoms with Crippen LogP contribution in [-0.4, -0.2) is 23.4 Å². The quantitative estimate of drug-likeness (QED) is 0.176. The molecule has 10 heteroatoms. The van der Waals surface area contributed by atoms with Crippen molar-refractivity contribution in [2.24, 2.45) is 0 Å². The van der Waals surface area contributed by atoms with Gasteiger partial charge < -0.3 is 19.5 Å². The summed E-state index contributed by atoms with van der Waals surface area (Å²) in [6, 6.07) is 29.3. The molecule has 0 bridgehead atoms. The number of hydrogen-bond donors (Lipinski definition) is 1. The SMILES string of the molecule is O=C(CNC(=O)c1nc2ccc(Oc3cccc(C(F)(F)F)c3)cc2cc1OCc1ccccc1)OCc1ccccc1. The molecule has 5 aromatic rings. The van der Waals surface area contributed by atoms with E-state index in [2.05, 4.69) is 10.3 Å². The number of hydrogen-bond acceptors (Lipinski definition) is 6. The lowest BCUT2D eigenvalue weighted by Gasteiger charge is -2.14. The molecule has 1 aromatic heterocycles. The minimum Gasteiger partial charge on any atom is -0.486 e. The molecule has 0 aliphatic carbocycles. The highest BCUT2D eigenvalue weighted by Gasteiger charge is 2.30. The Morgan fingerprint density at radius 1 is 0.744 bits per heavy atom. The first kappa shape index (κ1) is 29.1. The summed E-state index contributed by atoms with van der Waals surface area (Å²) in [6.45, 7) is -0.179. The third-order valence-electron chi connectivity index (χ3n) is 6.24. The topological polar surface area (TPSA) is 86.8 Å². The Hall–Kier alpha value is -5.38. The molecule has 0 unspecified atom stereocenters. The molecule has 43 heavy (non-hydrogen) atoms. The molecule has 4 aromatic carbocycles. The summed E-state index contributed by atoms with van der Waals surface area (Å²) in [6.07, 6.45) is -4.51. The Morgan fingerprint density at radius 2 is 1.42 bits per heavy atom. The molecular weight excluding hydrogens is 561 g/mol. The fraction of sp³-hybridized carbons (Fsp3) is 0.121. The van der Waals surface area contributed by atoms with Crippen molar-refractivity contribution in [3.05, 3.63) is 132 Å². The number of rotatable bonds is 10. The molecule has 0 aliphatic rings. The second-order valence-corrected chi connectivity index (χ2v) is 9.42. The fourth-order valence-corrected chi connectivity index (χ4v) is 4.10. The Bertz CT molecular complexity index is 1730. The Labute approximate surface area is 244 Å². The van der Waals surface area contributed by atoms with Gasteiger partial charge in [0, 0.05) is 5.39 Å². The molecule has 0 radical (unpaired) electrons. The zero-order valence-electron chi connectivity index (χ0n) is 22.6. The highest BCUT2D eigenvalue weighted by Crippen LogP contribution is 2.34. The van der Waals surface area contributed by atoms with Crippen LogP contribution >= 0.6 is 0 Å². The van der Waals surface area contributed by atoms with Crippen molar-refractivity contribution in [2.45, 2.75) is 19.4 Å². The predicted octanol–water partition coefficient (Wildman–Crippen LogP) is 7.10. The van der Waals surface area contributed by atoms with E-state index in [0.29, 0.717) is 10.9 Å². The third kappa shape index (κ3) is 7.88. The van der Waals surface area contributed by atoms with Crippen LogP contribution in [0.5, 0.6) is 17.2 Å². The Morgan fingerprint density at radius 3 is 2.12 bits per heavy atom. The zero-order chi connectivity index (χ0) is 30.2. The minimum atomic E-state index is -4.51. The van der Waals surface area contributed by atoms with Crippen LogP contribution in [0.25, 0.3) is 10.9 Å². The lowest BCUT2D eigenvalue weighted by Crippen LogP contribution is -2.31. The number of amides is 1. The minimum absolute atomic E-state index is 0.0119. The first-order valence-corrected chi connectivity index (χ1v) is 13.2. The van der Waals surface area contributed by atoms with E-state index in [1.165, 1.54) is 18.2 Å². The third-order valence-corrected chi connectivity index (χ3v) is 6.24. The predicted molar refractivity (Wildman–Crippen MR) is 153 cm³/mol. The van der Waals surface area contributed by atoms with E-state index in [1.54, 1.807) is 18.2 Å². The van der Waals surface area contributed by atoms with Crippen LogP contribution in [-0.2, 0) is 28.9 Å². The normalized spacial score (nSPS) is 11.1. The van der Waals surface area contributed by atoms with Crippen LogP contribution in [0, 0.1) is 0 Å². The van der Waals surface area contributed by atoms with Gasteiger partial charge in [0.1, 0.15) is 31.3 Å². The largest absolute Gasteiger partial charge is 0.486 e. The van der Waals surface area contributed by atoms with Crippen LogP contribution in [0.3, 0.4) is 0 Å². The second-order valence-electron chi connectivity index (χ2n) is 9.42. The number of ether oxygens (including phenoxy) is 3. The fourth-order valence-electron chi connectivity index (χ4n) is 4.10. The maximum absolute atomic E-state index is 13.1. The lowest BCUT2D eigenvalue weighted by molar-refractivity contribution is -0.143. The molecule has 0 aliphatic heterocycles. The molecule has 0 atom stereocenters. The Balaban J connectivity index is 1.35. The van der Waals surface area contributed by atoms with Gasteiger partial charge in [-0.2, -0.15) is 13.2 Å². The van der Waals surface area contributed by atoms with Gasteiger partial charge in [0.05, 0.1) is 11.1 Å². The van der Waals surface area contributed by atoms with Crippen molar-refractivity contribution in [1.82, 2.24) is 10.3 Å². The van der Waals surface area contributed by atoms with Crippen LogP contribution in [0.2, 0.25) is 0 Å². The van der Waals surface area contributed by atoms with Crippen LogP contribution in [0.15, 0.2) is 109 Å². The average molecular weight is 587 g/mol. The molecule has 0 saturated heterocycles. The highest BCUT2D eigenvalue weighted by molar-refractivity contribution is 5.99. The lowest BCUT2D eigenvalue weighted by atomic mass is 10.1. The number of benzene rings is 4. The van der Waals surface area contributed by atoms with E-state index >= 15 is 0 Å². The van der Waals surface area contributed by atoms with Crippen LogP contribution in [0.1, 0.15) is 27.2 Å². The number of esters is 1. The number of nitrogens with zero attached hydrogens (tertiary/aromatic N) is 1. The molecular formula is C33H25F3N2O5. The maximum atomic E-state index is 13.1. The molecule has 7 nitrogen and oxygen atoms in total. The molecule has 0 spiro atoms. The van der Waals surface area contributed by atoms with Gasteiger partial charge in [-0.1, -0.05) is 66.7 Å². The van der Waals surface area contributed by atoms with E-state index in [0.717, 1.165) is 23.3 Å². The number of carbonyl (C=O) groups excluding carboxylic acids is 2. The van der Waals surface area contributed by atoms with E-state index in [-0.39, 0.29) is 42.7 Å². The molecule has 1 N–H and O–H groups in total. The van der Waals surface area contributed by atoms with Gasteiger partial charge in [0.15, 0.2) is 11.4 Å². The van der Waals surface area contributed by atoms with Crippen molar-refractivity contribution in [1.29, 1.82) is 0 Å². The smallest absolute Gasteiger partial charge is 0.416 e. The molecule has 1 heterocycles. The van der Waals surface area contributed by atoms with Gasteiger partial charge in [-0.15, -0.1) is 0 Å². The van der Waals surface area contributed by atoms with Crippen molar-refractivity contribution >= 4 is 22.8 Å². The van der Waals surface area contributed by atoms with Gasteiger partial charge in [-0.05, 0) is 53.6 Å². The summed E-state index contributed by atoms with van der Waals surface area (Å²) in [7, 11) is 0. The van der Waals surface area contributed by atoms with Crippen molar-refractivity contribution in [2.75, 3.05) is 6.54 Å². The summed E-state index contributed by atoms with van der Waals surface area (Å²) >= 11 is 0. The van der Waals surface area contributed by atoms with Crippen LogP contribution < -0.4 is 14.8 Å². The molecule has 0 saturated carbocycles. The zero-order valence-corrected chi connectivity index (χ0v) is 22.6. The van der Waals surface area contributed by atoms with Gasteiger partial charge in [0.2, 0.25) is 0 Å². The van der Waals surface area contributed by atoms with E-state index in [4.69, 9.17) is 14.2 Å². The number of carbonyl (C=O) groups is 2. The number of nitrogens with one attached hydrogen (secondary N) is 1. The van der Waals surface area contributed by atoms with Gasteiger partial charge in [-0.25, -0.2) is 4.98 Å². The van der Waals surface area contributed by atoms with Gasteiger partial charge in [-0.3, -0.25) is 9.59 Å². The first-order chi connectivity index (χ1) is 20.7. The molecule has 218 valence electrons. The molecule has 0 fully saturated rings. The average Bonchev–Trinajstić information content (AvgIpc) is 3.02. The van der Waals surface area contributed by atoms with Crippen molar-refractivity contribution in [3.8, 4) is 17.2 Å². The number of alkyl halides is 3. The summed E-state index contributed by atoms with van der Waals surface area (Å²) in [5, 5.41) is 3.05. The van der Waals surface area contributed by atoms with Crippen molar-refractivity contribution < 1.29 is 37.0 Å². The Kier molecular flexibility index (Phi) is 8.85. The van der Waals surface area contributed by atoms with E-state index in [1.807, 2.05) is 60.7 Å². The van der Waals surface area contributed by atoms with Gasteiger partial charge >= 0.3 is 12.1 Å². The summed E-state index contributed by atoms with van der Waals surface area (Å²) in [4.78, 5) is 29.9. The summed E-state index contributed by atoms with van der Waals surface area (Å²) < 4.78 is 56.3. The standard InChI is InChI=1S/C33H25F3N2O5/c34-33(35,36)25-12-7-13-26(18-25)43-27-14-15-28-24(16-27)17-29(41-20-22-8-3-1-4-9-22)31(38-28)32(40)37-19-30(39)42-21-23-10-5-2-6-11-23/h1-18H,19-21H2,(H,37,40). The highest BCUT2D eigenvalue weighted by atomic mass is 19.4. The summed E-state index contributed by atoms with van der Waals surface area (Å²) in [5.41, 5.74) is 1.18. The van der Waals surface area contributed by atoms with Crippen LogP contribution in [0.4, 0.5) is 13.2 Å². The number of halogens is 3. The van der Waals surface area contributed by atoms with Crippen molar-refractivity contribution in [3.63, 3.8) is 0 Å². The number of pyridine rings is 1. The second kappa shape index (κ2) is 13.1. The summed E-state index contributed by atoms with van der Waals surface area (Å²) in [5.74, 6) is -0.853. The number of aromatic nitrogens is 1. The maximum Gasteiger partial charge on any atom is 0.416 e. The molecule has 5 rings (SSSR count). The first-order valence-electron chi connectivity index (χ1n) is 13.2. The van der Waals surface area contributed by atoms with Gasteiger partial charge in [0.25, 0.3) is 5.91 Å². The molecule has 1 amide bonds. The monoisotopic (exact) mass is 586 g/mol. The van der Waals surface area contributed by atoms with E-state index in [9.17, 15) is 22.8 Å².